The topological polar surface area (TPSA) is 111 Å². The SMILES string of the molecule is NC1CCN(C(=O)CN(C(=O)c2ccc3c(c2)OCCO3)c2nc3ccc(-c4ccncc4)cc3s2)CC1. The van der Waals surface area contributed by atoms with E-state index in [-0.39, 0.29) is 24.4 Å². The maximum Gasteiger partial charge on any atom is 0.260 e. The largest absolute Gasteiger partial charge is 0.486 e. The average Bonchev–Trinajstić information content (AvgIpc) is 3.39. The Kier molecular flexibility index (Phi) is 6.65. The molecule has 1 saturated heterocycles. The number of carbonyl (C=O) groups is 2. The lowest BCUT2D eigenvalue weighted by Gasteiger charge is -2.31. The van der Waals surface area contributed by atoms with Gasteiger partial charge in [-0.15, -0.1) is 0 Å². The molecule has 38 heavy (non-hydrogen) atoms. The smallest absolute Gasteiger partial charge is 0.260 e. The molecule has 2 aromatic carbocycles. The Hall–Kier alpha value is -4.02. The zero-order valence-corrected chi connectivity index (χ0v) is 21.5. The Morgan fingerprint density at radius 1 is 0.974 bits per heavy atom. The van der Waals surface area contributed by atoms with E-state index in [0.29, 0.717) is 48.5 Å². The van der Waals surface area contributed by atoms with E-state index in [2.05, 4.69) is 4.98 Å². The summed E-state index contributed by atoms with van der Waals surface area (Å²) in [4.78, 5) is 39.3. The van der Waals surface area contributed by atoms with Gasteiger partial charge in [-0.25, -0.2) is 4.98 Å². The van der Waals surface area contributed by atoms with Crippen LogP contribution in [0.15, 0.2) is 60.9 Å². The highest BCUT2D eigenvalue weighted by atomic mass is 32.1. The molecule has 0 aliphatic carbocycles. The van der Waals surface area contributed by atoms with Crippen LogP contribution in [0.4, 0.5) is 5.13 Å². The monoisotopic (exact) mass is 529 g/mol. The molecule has 0 spiro atoms. The van der Waals surface area contributed by atoms with Gasteiger partial charge in [0, 0.05) is 37.1 Å². The number of hydrogen-bond acceptors (Lipinski definition) is 8. The van der Waals surface area contributed by atoms with Gasteiger partial charge in [0.2, 0.25) is 5.91 Å². The molecule has 0 radical (unpaired) electrons. The van der Waals surface area contributed by atoms with Crippen molar-refractivity contribution in [2.45, 2.75) is 18.9 Å². The van der Waals surface area contributed by atoms with E-state index in [1.807, 2.05) is 30.3 Å². The first kappa shape index (κ1) is 24.3. The minimum Gasteiger partial charge on any atom is -0.486 e. The molecule has 194 valence electrons. The number of nitrogens with zero attached hydrogens (tertiary/aromatic N) is 4. The molecule has 0 atom stereocenters. The Balaban J connectivity index is 1.34. The van der Waals surface area contributed by atoms with Crippen molar-refractivity contribution in [3.05, 3.63) is 66.5 Å². The van der Waals surface area contributed by atoms with Crippen molar-refractivity contribution in [1.82, 2.24) is 14.9 Å². The van der Waals surface area contributed by atoms with Gasteiger partial charge in [-0.3, -0.25) is 19.5 Å². The number of carbonyl (C=O) groups excluding carboxylic acids is 2. The van der Waals surface area contributed by atoms with Crippen LogP contribution in [-0.4, -0.2) is 65.6 Å². The third-order valence-electron chi connectivity index (χ3n) is 6.84. The lowest BCUT2D eigenvalue weighted by molar-refractivity contribution is -0.130. The predicted molar refractivity (Wildman–Crippen MR) is 146 cm³/mol. The van der Waals surface area contributed by atoms with E-state index < -0.39 is 0 Å². The molecule has 2 amide bonds. The van der Waals surface area contributed by atoms with Crippen molar-refractivity contribution < 1.29 is 19.1 Å². The number of rotatable bonds is 5. The lowest BCUT2D eigenvalue weighted by Crippen LogP contribution is -2.48. The number of benzene rings is 2. The quantitative estimate of drug-likeness (QED) is 0.419. The fraction of sp³-hybridized carbons (Fsp3) is 0.286. The number of nitrogens with two attached hydrogens (primary N) is 1. The third kappa shape index (κ3) is 4.92. The standard InChI is InChI=1S/C28H27N5O4S/c29-21-7-11-32(12-8-21)26(34)17-33(27(35)20-2-4-23-24(15-20)37-14-13-36-23)28-31-22-3-1-19(16-25(22)38-28)18-5-9-30-10-6-18/h1-6,9-10,15-16,21H,7-8,11-14,17,29H2. The fourth-order valence-electron chi connectivity index (χ4n) is 4.69. The second kappa shape index (κ2) is 10.4. The van der Waals surface area contributed by atoms with Gasteiger partial charge in [0.25, 0.3) is 5.91 Å². The van der Waals surface area contributed by atoms with Crippen LogP contribution in [-0.2, 0) is 4.79 Å². The van der Waals surface area contributed by atoms with Crippen molar-refractivity contribution in [2.75, 3.05) is 37.7 Å². The zero-order chi connectivity index (χ0) is 26.1. The Bertz CT molecular complexity index is 1480. The molecular formula is C28H27N5O4S. The van der Waals surface area contributed by atoms with Crippen molar-refractivity contribution in [1.29, 1.82) is 0 Å². The van der Waals surface area contributed by atoms with E-state index in [0.717, 1.165) is 34.2 Å². The second-order valence-electron chi connectivity index (χ2n) is 9.38. The lowest BCUT2D eigenvalue weighted by atomic mass is 10.1. The number of aromatic nitrogens is 2. The molecule has 2 aliphatic heterocycles. The van der Waals surface area contributed by atoms with Crippen molar-refractivity contribution in [3.63, 3.8) is 0 Å². The normalized spacial score (nSPS) is 15.4. The van der Waals surface area contributed by atoms with Crippen molar-refractivity contribution in [2.24, 2.45) is 5.73 Å². The van der Waals surface area contributed by atoms with Crippen molar-refractivity contribution in [3.8, 4) is 22.6 Å². The molecule has 2 aromatic heterocycles. The number of ether oxygens (including phenoxy) is 2. The summed E-state index contributed by atoms with van der Waals surface area (Å²) < 4.78 is 12.2. The van der Waals surface area contributed by atoms with Gasteiger partial charge in [0.15, 0.2) is 16.6 Å². The van der Waals surface area contributed by atoms with E-state index in [4.69, 9.17) is 20.2 Å². The second-order valence-corrected chi connectivity index (χ2v) is 10.4. The number of anilines is 1. The molecule has 10 heteroatoms. The summed E-state index contributed by atoms with van der Waals surface area (Å²) in [7, 11) is 0. The van der Waals surface area contributed by atoms with Crippen LogP contribution in [0.5, 0.6) is 11.5 Å². The van der Waals surface area contributed by atoms with Crippen LogP contribution in [0.2, 0.25) is 0 Å². The molecule has 6 rings (SSSR count). The number of amides is 2. The third-order valence-corrected chi connectivity index (χ3v) is 7.88. The van der Waals surface area contributed by atoms with Gasteiger partial charge in [0.05, 0.1) is 10.2 Å². The van der Waals surface area contributed by atoms with E-state index in [9.17, 15) is 9.59 Å². The first-order valence-electron chi connectivity index (χ1n) is 12.6. The molecule has 4 aromatic rings. The van der Waals surface area contributed by atoms with Crippen LogP contribution in [0.25, 0.3) is 21.3 Å². The van der Waals surface area contributed by atoms with Crippen LogP contribution in [0, 0.1) is 0 Å². The van der Waals surface area contributed by atoms with Crippen LogP contribution >= 0.6 is 11.3 Å². The van der Waals surface area contributed by atoms with E-state index >= 15 is 0 Å². The molecular weight excluding hydrogens is 502 g/mol. The summed E-state index contributed by atoms with van der Waals surface area (Å²) in [6.07, 6.45) is 5.01. The molecule has 2 aliphatic rings. The molecule has 9 nitrogen and oxygen atoms in total. The number of pyridine rings is 1. The summed E-state index contributed by atoms with van der Waals surface area (Å²) in [6, 6.07) is 15.1. The van der Waals surface area contributed by atoms with Crippen molar-refractivity contribution >= 4 is 38.5 Å². The Morgan fingerprint density at radius 3 is 2.53 bits per heavy atom. The maximum absolute atomic E-state index is 13.9. The maximum atomic E-state index is 13.9. The summed E-state index contributed by atoms with van der Waals surface area (Å²) in [6.45, 7) is 1.94. The number of likely N-dealkylation sites (tertiary alicyclic amines) is 1. The molecule has 0 unspecified atom stereocenters. The minimum atomic E-state index is -0.322. The number of piperidine rings is 1. The summed E-state index contributed by atoms with van der Waals surface area (Å²) in [5, 5.41) is 0.467. The highest BCUT2D eigenvalue weighted by Crippen LogP contribution is 2.35. The summed E-state index contributed by atoms with van der Waals surface area (Å²) in [5.41, 5.74) is 9.27. The summed E-state index contributed by atoms with van der Waals surface area (Å²) in [5.74, 6) is 0.672. The Morgan fingerprint density at radius 2 is 1.74 bits per heavy atom. The minimum absolute atomic E-state index is 0.105. The number of fused-ring (bicyclic) bond motifs is 2. The molecule has 0 bridgehead atoms. The molecule has 0 saturated carbocycles. The van der Waals surface area contributed by atoms with Gasteiger partial charge in [-0.1, -0.05) is 17.4 Å². The predicted octanol–water partition coefficient (Wildman–Crippen LogP) is 3.73. The van der Waals surface area contributed by atoms with Gasteiger partial charge in [-0.2, -0.15) is 0 Å². The number of hydrogen-bond donors (Lipinski definition) is 1. The van der Waals surface area contributed by atoms with E-state index in [1.165, 1.54) is 16.2 Å². The van der Waals surface area contributed by atoms with Gasteiger partial charge in [0.1, 0.15) is 19.8 Å². The molecule has 1 fully saturated rings. The first-order valence-corrected chi connectivity index (χ1v) is 13.4. The average molecular weight is 530 g/mol. The highest BCUT2D eigenvalue weighted by molar-refractivity contribution is 7.22. The molecule has 4 heterocycles. The number of thiazole rings is 1. The van der Waals surface area contributed by atoms with Crippen LogP contribution < -0.4 is 20.1 Å². The summed E-state index contributed by atoms with van der Waals surface area (Å²) >= 11 is 1.39. The fourth-order valence-corrected chi connectivity index (χ4v) is 5.70. The Labute approximate surface area is 223 Å². The first-order chi connectivity index (χ1) is 18.5. The van der Waals surface area contributed by atoms with E-state index in [1.54, 1.807) is 35.5 Å². The van der Waals surface area contributed by atoms with Crippen LogP contribution in [0.1, 0.15) is 23.2 Å². The highest BCUT2D eigenvalue weighted by Gasteiger charge is 2.29. The van der Waals surface area contributed by atoms with Crippen LogP contribution in [0.3, 0.4) is 0 Å². The molecule has 2 N–H and O–H groups in total. The van der Waals surface area contributed by atoms with Gasteiger partial charge in [-0.05, 0) is 66.4 Å². The van der Waals surface area contributed by atoms with Gasteiger partial charge >= 0.3 is 0 Å². The zero-order valence-electron chi connectivity index (χ0n) is 20.7. The van der Waals surface area contributed by atoms with Gasteiger partial charge < -0.3 is 20.1 Å².